The number of rotatable bonds is 3. The SMILES string of the molecule is N=NSSN=N. The molecule has 34 valence electrons. The first kappa shape index (κ1) is 5.90. The molecule has 0 saturated carbocycles. The Hall–Kier alpha value is -0.100. The molecule has 6 heteroatoms. The Morgan fingerprint density at radius 3 is 1.50 bits per heavy atom. The highest BCUT2D eigenvalue weighted by Crippen LogP contribution is 2.21. The van der Waals surface area contributed by atoms with Crippen LogP contribution in [0.5, 0.6) is 0 Å². The number of nitrogens with one attached hydrogen (secondary N) is 2. The lowest BCUT2D eigenvalue weighted by Crippen LogP contribution is -1.27. The summed E-state index contributed by atoms with van der Waals surface area (Å²) >= 11 is 0. The van der Waals surface area contributed by atoms with Crippen LogP contribution in [0, 0.1) is 11.1 Å². The molecule has 0 amide bonds. The molecule has 0 aromatic rings. The minimum absolute atomic E-state index is 0.862. The van der Waals surface area contributed by atoms with Gasteiger partial charge in [0.05, 0.1) is 22.0 Å². The van der Waals surface area contributed by atoms with Crippen molar-refractivity contribution in [1.29, 1.82) is 11.1 Å². The molecular weight excluding hydrogens is 120 g/mol. The molecule has 0 radical (unpaired) electrons. The van der Waals surface area contributed by atoms with Gasteiger partial charge < -0.3 is 0 Å². The van der Waals surface area contributed by atoms with Crippen molar-refractivity contribution in [2.24, 2.45) is 9.04 Å². The summed E-state index contributed by atoms with van der Waals surface area (Å²) in [5, 5.41) is 0. The quantitative estimate of drug-likeness (QED) is 0.261. The van der Waals surface area contributed by atoms with Gasteiger partial charge >= 0.3 is 0 Å². The third-order valence-corrected chi connectivity index (χ3v) is 0.971. The zero-order valence-electron chi connectivity index (χ0n) is 2.71. The van der Waals surface area contributed by atoms with Crippen LogP contribution in [0.3, 0.4) is 0 Å². The maximum atomic E-state index is 6.13. The molecule has 0 aliphatic carbocycles. The smallest absolute Gasteiger partial charge is 0.0931 e. The number of hydrogen-bond donors (Lipinski definition) is 2. The van der Waals surface area contributed by atoms with E-state index in [1.165, 1.54) is 0 Å². The molecule has 0 rings (SSSR count). The summed E-state index contributed by atoms with van der Waals surface area (Å²) in [5.74, 6) is 0. The largest absolute Gasteiger partial charge is 0.197 e. The van der Waals surface area contributed by atoms with E-state index in [4.69, 9.17) is 11.1 Å². The van der Waals surface area contributed by atoms with E-state index < -0.39 is 0 Å². The van der Waals surface area contributed by atoms with Crippen molar-refractivity contribution in [3.8, 4) is 0 Å². The Bertz CT molecular complexity index is 41.5. The average Bonchev–Trinajstić information content (AvgIpc) is 1.61. The molecule has 0 aliphatic rings. The van der Waals surface area contributed by atoms with Crippen molar-refractivity contribution in [2.75, 3.05) is 0 Å². The minimum atomic E-state index is 0.862. The van der Waals surface area contributed by atoms with Gasteiger partial charge in [-0.05, 0) is 0 Å². The molecule has 0 bridgehead atoms. The minimum Gasteiger partial charge on any atom is -0.197 e. The molecule has 0 atom stereocenters. The second kappa shape index (κ2) is 4.90. The van der Waals surface area contributed by atoms with Crippen LogP contribution in [-0.4, -0.2) is 0 Å². The highest BCUT2D eigenvalue weighted by Gasteiger charge is 1.73. The monoisotopic (exact) mass is 122 g/mol. The van der Waals surface area contributed by atoms with E-state index in [0.717, 1.165) is 22.0 Å². The van der Waals surface area contributed by atoms with E-state index >= 15 is 0 Å². The Balaban J connectivity index is 2.66. The summed E-state index contributed by atoms with van der Waals surface area (Å²) in [6, 6.07) is 0. The van der Waals surface area contributed by atoms with Gasteiger partial charge in [-0.3, -0.25) is 0 Å². The molecule has 6 heavy (non-hydrogen) atoms. The van der Waals surface area contributed by atoms with Crippen LogP contribution in [0.2, 0.25) is 0 Å². The van der Waals surface area contributed by atoms with Gasteiger partial charge in [0.25, 0.3) is 0 Å². The Labute approximate surface area is 42.8 Å². The van der Waals surface area contributed by atoms with Gasteiger partial charge in [0.2, 0.25) is 0 Å². The van der Waals surface area contributed by atoms with E-state index in [-0.39, 0.29) is 0 Å². The maximum Gasteiger partial charge on any atom is 0.0931 e. The molecule has 2 N–H and O–H groups in total. The summed E-state index contributed by atoms with van der Waals surface area (Å²) < 4.78 is 5.68. The molecule has 0 spiro atoms. The third-order valence-electron chi connectivity index (χ3n) is 0.108. The lowest BCUT2D eigenvalue weighted by molar-refractivity contribution is 1.25. The van der Waals surface area contributed by atoms with Crippen LogP contribution in [0.1, 0.15) is 0 Å². The highest BCUT2D eigenvalue weighted by atomic mass is 33.1. The van der Waals surface area contributed by atoms with Gasteiger partial charge in [-0.15, -0.1) is 9.04 Å². The first-order valence-corrected chi connectivity index (χ1v) is 3.04. The zero-order chi connectivity index (χ0) is 4.83. The summed E-state index contributed by atoms with van der Waals surface area (Å²) in [6.07, 6.45) is 0. The van der Waals surface area contributed by atoms with Crippen molar-refractivity contribution in [2.45, 2.75) is 0 Å². The van der Waals surface area contributed by atoms with Gasteiger partial charge in [-0.1, -0.05) is 0 Å². The van der Waals surface area contributed by atoms with Crippen molar-refractivity contribution in [1.82, 2.24) is 0 Å². The molecule has 0 aromatic carbocycles. The standard InChI is InChI=1S/H2N4S2/c1-3-5-6-4-2/h1-2H. The van der Waals surface area contributed by atoms with E-state index in [2.05, 4.69) is 9.04 Å². The lowest BCUT2D eigenvalue weighted by Gasteiger charge is -1.70. The van der Waals surface area contributed by atoms with Gasteiger partial charge in [0.1, 0.15) is 0 Å². The molecule has 0 unspecified atom stereocenters. The second-order valence-electron chi connectivity index (χ2n) is 0.332. The van der Waals surface area contributed by atoms with Crippen molar-refractivity contribution in [3.63, 3.8) is 0 Å². The Kier molecular flexibility index (Phi) is 4.82. The van der Waals surface area contributed by atoms with Crippen LogP contribution in [0.25, 0.3) is 0 Å². The highest BCUT2D eigenvalue weighted by molar-refractivity contribution is 8.75. The lowest BCUT2D eigenvalue weighted by atomic mass is 13.3. The molecule has 0 aliphatic heterocycles. The van der Waals surface area contributed by atoms with Crippen LogP contribution < -0.4 is 0 Å². The van der Waals surface area contributed by atoms with Crippen LogP contribution in [-0.2, 0) is 0 Å². The molecule has 0 heterocycles. The fourth-order valence-corrected chi connectivity index (χ4v) is 0.300. The average molecular weight is 122 g/mol. The molecule has 4 nitrogen and oxygen atoms in total. The normalized spacial score (nSPS) is 7.33. The van der Waals surface area contributed by atoms with Crippen LogP contribution in [0.4, 0.5) is 0 Å². The summed E-state index contributed by atoms with van der Waals surface area (Å²) in [7, 11) is 1.72. The molecule has 0 aromatic heterocycles. The summed E-state index contributed by atoms with van der Waals surface area (Å²) in [6.45, 7) is 0. The molecule has 0 saturated heterocycles. The predicted octanol–water partition coefficient (Wildman–Crippen LogP) is 2.26. The van der Waals surface area contributed by atoms with Crippen molar-refractivity contribution in [3.05, 3.63) is 0 Å². The second-order valence-corrected chi connectivity index (χ2v) is 1.89. The summed E-state index contributed by atoms with van der Waals surface area (Å²) in [5.41, 5.74) is 12.3. The topological polar surface area (TPSA) is 72.4 Å². The maximum absolute atomic E-state index is 6.13. The van der Waals surface area contributed by atoms with E-state index in [1.807, 2.05) is 0 Å². The Morgan fingerprint density at radius 2 is 1.33 bits per heavy atom. The summed E-state index contributed by atoms with van der Waals surface area (Å²) in [4.78, 5) is 0. The van der Waals surface area contributed by atoms with Gasteiger partial charge in [-0.2, -0.15) is 11.1 Å². The predicted molar refractivity (Wildman–Crippen MR) is 25.5 cm³/mol. The zero-order valence-corrected chi connectivity index (χ0v) is 4.34. The van der Waals surface area contributed by atoms with E-state index in [0.29, 0.717) is 0 Å². The van der Waals surface area contributed by atoms with Gasteiger partial charge in [-0.25, -0.2) is 0 Å². The van der Waals surface area contributed by atoms with Gasteiger partial charge in [0, 0.05) is 0 Å². The fraction of sp³-hybridized carbons (Fsp3) is 0. The van der Waals surface area contributed by atoms with Crippen molar-refractivity contribution >= 4 is 22.0 Å². The van der Waals surface area contributed by atoms with Gasteiger partial charge in [0.15, 0.2) is 0 Å². The molecule has 0 fully saturated rings. The van der Waals surface area contributed by atoms with Crippen LogP contribution in [0.15, 0.2) is 9.04 Å². The first-order chi connectivity index (χ1) is 2.91. The first-order valence-electron chi connectivity index (χ1n) is 0.979. The Morgan fingerprint density at radius 1 is 1.00 bits per heavy atom. The number of hydrogen-bond acceptors (Lipinski definition) is 6. The van der Waals surface area contributed by atoms with Crippen LogP contribution >= 0.6 is 22.0 Å². The number of nitrogens with zero attached hydrogens (tertiary/aromatic N) is 2. The van der Waals surface area contributed by atoms with E-state index in [1.54, 1.807) is 0 Å². The fourth-order valence-electron chi connectivity index (χ4n) is 0.0333. The molecular formula is H2N4S2. The third kappa shape index (κ3) is 3.90. The van der Waals surface area contributed by atoms with Crippen molar-refractivity contribution < 1.29 is 0 Å². The van der Waals surface area contributed by atoms with E-state index in [9.17, 15) is 0 Å².